The fourth-order valence-electron chi connectivity index (χ4n) is 2.65. The van der Waals surface area contributed by atoms with Crippen molar-refractivity contribution in [1.82, 2.24) is 0 Å². The van der Waals surface area contributed by atoms with Crippen molar-refractivity contribution in [3.05, 3.63) is 86.9 Å². The van der Waals surface area contributed by atoms with Crippen LogP contribution in [-0.4, -0.2) is 6.61 Å². The van der Waals surface area contributed by atoms with E-state index in [1.807, 2.05) is 55.5 Å². The number of rotatable bonds is 8. The van der Waals surface area contributed by atoms with Gasteiger partial charge in [-0.05, 0) is 48.9 Å². The van der Waals surface area contributed by atoms with Crippen LogP contribution in [-0.2, 0) is 13.2 Å². The SMILES string of the molecule is CCOc1cc(CNc2ccccc2Cl)ccc1OCc1ccc(Cl)cc1Cl. The van der Waals surface area contributed by atoms with Crippen molar-refractivity contribution < 1.29 is 9.47 Å². The summed E-state index contributed by atoms with van der Waals surface area (Å²) < 4.78 is 11.7. The van der Waals surface area contributed by atoms with Crippen molar-refractivity contribution in [3.63, 3.8) is 0 Å². The quantitative estimate of drug-likeness (QED) is 0.404. The standard InChI is InChI=1S/C22H20Cl3NO2/c1-2-27-22-11-15(13-26-20-6-4-3-5-18(20)24)7-10-21(22)28-14-16-8-9-17(23)12-19(16)25/h3-12,26H,2,13-14H2,1H3. The molecule has 0 radical (unpaired) electrons. The highest BCUT2D eigenvalue weighted by Crippen LogP contribution is 2.31. The molecule has 0 amide bonds. The van der Waals surface area contributed by atoms with Crippen LogP contribution in [0.25, 0.3) is 0 Å². The Bertz CT molecular complexity index is 947. The first-order valence-electron chi connectivity index (χ1n) is 8.87. The number of anilines is 1. The van der Waals surface area contributed by atoms with Crippen molar-refractivity contribution in [2.24, 2.45) is 0 Å². The number of hydrogen-bond acceptors (Lipinski definition) is 3. The minimum atomic E-state index is 0.327. The number of benzene rings is 3. The molecule has 0 aromatic heterocycles. The molecule has 3 aromatic carbocycles. The Morgan fingerprint density at radius 3 is 2.39 bits per heavy atom. The van der Waals surface area contributed by atoms with Crippen LogP contribution in [0.5, 0.6) is 11.5 Å². The van der Waals surface area contributed by atoms with E-state index in [0.29, 0.717) is 46.3 Å². The maximum Gasteiger partial charge on any atom is 0.161 e. The first kappa shape index (κ1) is 20.7. The summed E-state index contributed by atoms with van der Waals surface area (Å²) >= 11 is 18.4. The molecular weight excluding hydrogens is 417 g/mol. The van der Waals surface area contributed by atoms with Crippen molar-refractivity contribution in [2.45, 2.75) is 20.1 Å². The number of halogens is 3. The average molecular weight is 437 g/mol. The summed E-state index contributed by atoms with van der Waals surface area (Å²) in [5.41, 5.74) is 2.80. The van der Waals surface area contributed by atoms with Crippen LogP contribution < -0.4 is 14.8 Å². The van der Waals surface area contributed by atoms with E-state index in [1.165, 1.54) is 0 Å². The third-order valence-electron chi connectivity index (χ3n) is 4.06. The smallest absolute Gasteiger partial charge is 0.161 e. The van der Waals surface area contributed by atoms with E-state index in [1.54, 1.807) is 12.1 Å². The summed E-state index contributed by atoms with van der Waals surface area (Å²) in [7, 11) is 0. The van der Waals surface area contributed by atoms with Crippen LogP contribution in [0.3, 0.4) is 0 Å². The molecule has 3 aromatic rings. The van der Waals surface area contributed by atoms with Crippen LogP contribution in [0, 0.1) is 0 Å². The van der Waals surface area contributed by atoms with Crippen molar-refractivity contribution in [2.75, 3.05) is 11.9 Å². The molecule has 3 nitrogen and oxygen atoms in total. The minimum absolute atomic E-state index is 0.327. The van der Waals surface area contributed by atoms with Gasteiger partial charge in [-0.3, -0.25) is 0 Å². The van der Waals surface area contributed by atoms with Crippen LogP contribution in [0.4, 0.5) is 5.69 Å². The zero-order chi connectivity index (χ0) is 19.9. The van der Waals surface area contributed by atoms with Gasteiger partial charge >= 0.3 is 0 Å². The number of hydrogen-bond donors (Lipinski definition) is 1. The maximum absolute atomic E-state index is 6.22. The van der Waals surface area contributed by atoms with Gasteiger partial charge in [-0.15, -0.1) is 0 Å². The zero-order valence-corrected chi connectivity index (χ0v) is 17.6. The fourth-order valence-corrected chi connectivity index (χ4v) is 3.31. The Kier molecular flexibility index (Phi) is 7.32. The second kappa shape index (κ2) is 9.92. The highest BCUT2D eigenvalue weighted by molar-refractivity contribution is 6.35. The molecule has 0 fully saturated rings. The molecule has 0 saturated heterocycles. The molecule has 0 unspecified atom stereocenters. The highest BCUT2D eigenvalue weighted by Gasteiger charge is 2.09. The van der Waals surface area contributed by atoms with E-state index in [4.69, 9.17) is 44.3 Å². The average Bonchev–Trinajstić information content (AvgIpc) is 2.68. The minimum Gasteiger partial charge on any atom is -0.490 e. The molecule has 0 saturated carbocycles. The van der Waals surface area contributed by atoms with Crippen LogP contribution >= 0.6 is 34.8 Å². The maximum atomic E-state index is 6.22. The van der Waals surface area contributed by atoms with Gasteiger partial charge in [-0.2, -0.15) is 0 Å². The largest absolute Gasteiger partial charge is 0.490 e. The highest BCUT2D eigenvalue weighted by atomic mass is 35.5. The second-order valence-electron chi connectivity index (χ2n) is 6.07. The molecule has 0 aliphatic rings. The molecule has 0 bridgehead atoms. The van der Waals surface area contributed by atoms with E-state index in [0.717, 1.165) is 16.8 Å². The summed E-state index contributed by atoms with van der Waals surface area (Å²) in [4.78, 5) is 0. The first-order chi connectivity index (χ1) is 13.6. The summed E-state index contributed by atoms with van der Waals surface area (Å²) in [5.74, 6) is 1.35. The van der Waals surface area contributed by atoms with Gasteiger partial charge < -0.3 is 14.8 Å². The van der Waals surface area contributed by atoms with Crippen LogP contribution in [0.1, 0.15) is 18.1 Å². The van der Waals surface area contributed by atoms with Gasteiger partial charge in [-0.25, -0.2) is 0 Å². The summed E-state index contributed by atoms with van der Waals surface area (Å²) in [6, 6.07) is 18.8. The lowest BCUT2D eigenvalue weighted by atomic mass is 10.2. The normalized spacial score (nSPS) is 10.6. The molecule has 28 heavy (non-hydrogen) atoms. The first-order valence-corrected chi connectivity index (χ1v) is 10.0. The van der Waals surface area contributed by atoms with E-state index in [-0.39, 0.29) is 0 Å². The van der Waals surface area contributed by atoms with E-state index in [9.17, 15) is 0 Å². The molecular formula is C22H20Cl3NO2. The third kappa shape index (κ3) is 5.48. The van der Waals surface area contributed by atoms with Crippen molar-refractivity contribution in [3.8, 4) is 11.5 Å². The third-order valence-corrected chi connectivity index (χ3v) is 4.98. The van der Waals surface area contributed by atoms with Gasteiger partial charge in [0.25, 0.3) is 0 Å². The molecule has 146 valence electrons. The van der Waals surface area contributed by atoms with Crippen LogP contribution in [0.2, 0.25) is 15.1 Å². The fraction of sp³-hybridized carbons (Fsp3) is 0.182. The van der Waals surface area contributed by atoms with Gasteiger partial charge in [0.05, 0.1) is 17.3 Å². The Morgan fingerprint density at radius 1 is 0.821 bits per heavy atom. The molecule has 0 heterocycles. The lowest BCUT2D eigenvalue weighted by Crippen LogP contribution is -2.03. The van der Waals surface area contributed by atoms with E-state index < -0.39 is 0 Å². The molecule has 0 atom stereocenters. The lowest BCUT2D eigenvalue weighted by molar-refractivity contribution is 0.269. The molecule has 3 rings (SSSR count). The summed E-state index contributed by atoms with van der Waals surface area (Å²) in [6.07, 6.45) is 0. The molecule has 0 spiro atoms. The summed E-state index contributed by atoms with van der Waals surface area (Å²) in [6.45, 7) is 3.42. The zero-order valence-electron chi connectivity index (χ0n) is 15.3. The molecule has 0 aliphatic carbocycles. The van der Waals surface area contributed by atoms with Crippen molar-refractivity contribution in [1.29, 1.82) is 0 Å². The Morgan fingerprint density at radius 2 is 1.64 bits per heavy atom. The Hall–Kier alpha value is -2.07. The Labute approximate surface area is 180 Å². The van der Waals surface area contributed by atoms with Gasteiger partial charge in [0, 0.05) is 22.2 Å². The Balaban J connectivity index is 1.70. The van der Waals surface area contributed by atoms with Gasteiger partial charge in [0.15, 0.2) is 11.5 Å². The van der Waals surface area contributed by atoms with Gasteiger partial charge in [0.1, 0.15) is 6.61 Å². The summed E-state index contributed by atoms with van der Waals surface area (Å²) in [5, 5.41) is 5.19. The predicted octanol–water partition coefficient (Wildman–Crippen LogP) is 7.24. The molecule has 1 N–H and O–H groups in total. The van der Waals surface area contributed by atoms with Gasteiger partial charge in [-0.1, -0.05) is 59.1 Å². The predicted molar refractivity (Wildman–Crippen MR) is 117 cm³/mol. The monoisotopic (exact) mass is 435 g/mol. The number of ether oxygens (including phenoxy) is 2. The lowest BCUT2D eigenvalue weighted by Gasteiger charge is -2.15. The number of para-hydroxylation sites is 1. The molecule has 0 aliphatic heterocycles. The van der Waals surface area contributed by atoms with Gasteiger partial charge in [0.2, 0.25) is 0 Å². The van der Waals surface area contributed by atoms with E-state index in [2.05, 4.69) is 5.32 Å². The second-order valence-corrected chi connectivity index (χ2v) is 7.32. The topological polar surface area (TPSA) is 30.5 Å². The van der Waals surface area contributed by atoms with Crippen LogP contribution in [0.15, 0.2) is 60.7 Å². The number of nitrogens with one attached hydrogen (secondary N) is 1. The van der Waals surface area contributed by atoms with Crippen molar-refractivity contribution >= 4 is 40.5 Å². The molecule has 6 heteroatoms. The van der Waals surface area contributed by atoms with E-state index >= 15 is 0 Å².